The van der Waals surface area contributed by atoms with Crippen LogP contribution in [0.25, 0.3) is 0 Å². The normalized spacial score (nSPS) is 12.8. The van der Waals surface area contributed by atoms with Crippen molar-refractivity contribution >= 4 is 19.3 Å². The third-order valence-corrected chi connectivity index (χ3v) is 4.79. The third kappa shape index (κ3) is 5.00. The molecule has 0 saturated heterocycles. The summed E-state index contributed by atoms with van der Waals surface area (Å²) in [5.74, 6) is 0.147. The zero-order valence-electron chi connectivity index (χ0n) is 15.5. The summed E-state index contributed by atoms with van der Waals surface area (Å²) in [7, 11) is -4.38. The number of anilines is 1. The van der Waals surface area contributed by atoms with Gasteiger partial charge in [-0.15, -0.1) is 0 Å². The Kier molecular flexibility index (Phi) is 5.54. The first-order valence-corrected chi connectivity index (χ1v) is 10.0. The van der Waals surface area contributed by atoms with Gasteiger partial charge < -0.3 is 14.8 Å². The summed E-state index contributed by atoms with van der Waals surface area (Å²) in [4.78, 5) is 22.5. The Morgan fingerprint density at radius 3 is 2.07 bits per heavy atom. The number of carbonyl (C=O) groups is 1. The van der Waals surface area contributed by atoms with E-state index in [0.29, 0.717) is 16.8 Å². The van der Waals surface area contributed by atoms with Crippen LogP contribution in [-0.2, 0) is 4.57 Å². The van der Waals surface area contributed by atoms with Gasteiger partial charge in [0, 0.05) is 16.8 Å². The molecule has 0 heterocycles. The monoisotopic (exact) mass is 397 g/mol. The van der Waals surface area contributed by atoms with Gasteiger partial charge in [0.15, 0.2) is 5.78 Å². The maximum atomic E-state index is 12.5. The van der Waals surface area contributed by atoms with Crippen molar-refractivity contribution in [3.05, 3.63) is 89.0 Å². The molecule has 0 saturated carbocycles. The summed E-state index contributed by atoms with van der Waals surface area (Å²) < 4.78 is 22.5. The van der Waals surface area contributed by atoms with Crippen molar-refractivity contribution in [1.29, 1.82) is 0 Å². The lowest BCUT2D eigenvalue weighted by atomic mass is 10.0. The molecule has 0 spiro atoms. The molecule has 3 aromatic rings. The SMILES string of the molecule is Cc1cc(C)cc(OP(=O)(O)Oc2ccc(C(=O)c3cccc(N)c3)cc2)c1. The topological polar surface area (TPSA) is 98.9 Å². The standard InChI is InChI=1S/C21H20NO5P/c1-14-10-15(2)12-20(11-14)27-28(24,25)26-19-8-6-16(7-9-19)21(23)17-4-3-5-18(22)13-17/h3-13H,22H2,1-2H3,(H,24,25). The average Bonchev–Trinajstić information content (AvgIpc) is 2.60. The van der Waals surface area contributed by atoms with Gasteiger partial charge in [-0.3, -0.25) is 9.69 Å². The van der Waals surface area contributed by atoms with E-state index in [0.717, 1.165) is 11.1 Å². The predicted octanol–water partition coefficient (Wildman–Crippen LogP) is 4.67. The van der Waals surface area contributed by atoms with Crippen LogP contribution in [0, 0.1) is 13.8 Å². The minimum atomic E-state index is -4.38. The second kappa shape index (κ2) is 7.89. The summed E-state index contributed by atoms with van der Waals surface area (Å²) in [5.41, 5.74) is 8.87. The number of ketones is 1. The number of benzene rings is 3. The van der Waals surface area contributed by atoms with Crippen LogP contribution in [0.5, 0.6) is 11.5 Å². The number of hydrogen-bond donors (Lipinski definition) is 2. The number of phosphoric acid groups is 1. The molecule has 3 aromatic carbocycles. The minimum absolute atomic E-state index is 0.110. The molecule has 0 bridgehead atoms. The Labute approximate surface area is 163 Å². The van der Waals surface area contributed by atoms with Gasteiger partial charge in [-0.1, -0.05) is 18.2 Å². The average molecular weight is 397 g/mol. The highest BCUT2D eigenvalue weighted by Gasteiger charge is 2.25. The van der Waals surface area contributed by atoms with Crippen molar-refractivity contribution in [1.82, 2.24) is 0 Å². The van der Waals surface area contributed by atoms with E-state index in [9.17, 15) is 14.3 Å². The molecule has 0 fully saturated rings. The molecule has 6 nitrogen and oxygen atoms in total. The molecule has 7 heteroatoms. The summed E-state index contributed by atoms with van der Waals surface area (Å²) in [6, 6.07) is 17.8. The second-order valence-electron chi connectivity index (χ2n) is 6.45. The Bertz CT molecular complexity index is 1040. The number of carbonyl (C=O) groups excluding carboxylic acids is 1. The Balaban J connectivity index is 1.72. The Hall–Kier alpha value is -3.08. The molecule has 0 radical (unpaired) electrons. The number of nitrogens with two attached hydrogens (primary N) is 1. The lowest BCUT2D eigenvalue weighted by molar-refractivity contribution is 0.103. The van der Waals surface area contributed by atoms with Gasteiger partial charge in [0.25, 0.3) is 0 Å². The summed E-state index contributed by atoms with van der Waals surface area (Å²) >= 11 is 0. The Morgan fingerprint density at radius 2 is 1.46 bits per heavy atom. The van der Waals surface area contributed by atoms with Gasteiger partial charge in [0.05, 0.1) is 0 Å². The maximum Gasteiger partial charge on any atom is 0.584 e. The third-order valence-electron chi connectivity index (χ3n) is 3.90. The summed E-state index contributed by atoms with van der Waals surface area (Å²) in [6.45, 7) is 3.72. The molecule has 0 aliphatic rings. The van der Waals surface area contributed by atoms with Crippen molar-refractivity contribution in [2.45, 2.75) is 13.8 Å². The van der Waals surface area contributed by atoms with Gasteiger partial charge in [0.1, 0.15) is 11.5 Å². The molecule has 1 unspecified atom stereocenters. The van der Waals surface area contributed by atoms with Crippen molar-refractivity contribution in [3.63, 3.8) is 0 Å². The van der Waals surface area contributed by atoms with Crippen LogP contribution in [0.15, 0.2) is 66.7 Å². The molecule has 0 aliphatic heterocycles. The van der Waals surface area contributed by atoms with E-state index in [4.69, 9.17) is 14.8 Å². The highest BCUT2D eigenvalue weighted by Crippen LogP contribution is 2.44. The highest BCUT2D eigenvalue weighted by molar-refractivity contribution is 7.48. The predicted molar refractivity (Wildman–Crippen MR) is 108 cm³/mol. The molecular formula is C21H20NO5P. The number of phosphoric ester groups is 1. The first-order chi connectivity index (χ1) is 13.2. The molecule has 1 atom stereocenters. The lowest BCUT2D eigenvalue weighted by Crippen LogP contribution is -2.03. The maximum absolute atomic E-state index is 12.5. The second-order valence-corrected chi connectivity index (χ2v) is 7.76. The van der Waals surface area contributed by atoms with Crippen molar-refractivity contribution in [2.75, 3.05) is 5.73 Å². The van der Waals surface area contributed by atoms with Crippen molar-refractivity contribution in [3.8, 4) is 11.5 Å². The van der Waals surface area contributed by atoms with Gasteiger partial charge in [-0.05, 0) is 73.5 Å². The van der Waals surface area contributed by atoms with E-state index in [2.05, 4.69) is 0 Å². The molecule has 0 aliphatic carbocycles. The quantitative estimate of drug-likeness (QED) is 0.356. The van der Waals surface area contributed by atoms with Crippen LogP contribution < -0.4 is 14.8 Å². The molecule has 0 amide bonds. The van der Waals surface area contributed by atoms with Gasteiger partial charge >= 0.3 is 7.82 Å². The number of aryl methyl sites for hydroxylation is 2. The highest BCUT2D eigenvalue weighted by atomic mass is 31.2. The lowest BCUT2D eigenvalue weighted by Gasteiger charge is -2.15. The van der Waals surface area contributed by atoms with Gasteiger partial charge in [0.2, 0.25) is 0 Å². The minimum Gasteiger partial charge on any atom is -0.399 e. The fourth-order valence-electron chi connectivity index (χ4n) is 2.78. The van der Waals surface area contributed by atoms with E-state index >= 15 is 0 Å². The number of hydrogen-bond acceptors (Lipinski definition) is 5. The fourth-order valence-corrected chi connectivity index (χ4v) is 3.58. The molecule has 28 heavy (non-hydrogen) atoms. The smallest absolute Gasteiger partial charge is 0.399 e. The van der Waals surface area contributed by atoms with Crippen LogP contribution in [0.4, 0.5) is 5.69 Å². The van der Waals surface area contributed by atoms with Crippen LogP contribution in [-0.4, -0.2) is 10.7 Å². The summed E-state index contributed by atoms with van der Waals surface area (Å²) in [6.07, 6.45) is 0. The van der Waals surface area contributed by atoms with Crippen molar-refractivity contribution < 1.29 is 23.3 Å². The molecule has 0 aromatic heterocycles. The molecular weight excluding hydrogens is 377 g/mol. The molecule has 3 N–H and O–H groups in total. The first kappa shape index (κ1) is 19.7. The fraction of sp³-hybridized carbons (Fsp3) is 0.0952. The van der Waals surface area contributed by atoms with E-state index < -0.39 is 7.82 Å². The van der Waals surface area contributed by atoms with Crippen LogP contribution >= 0.6 is 7.82 Å². The van der Waals surface area contributed by atoms with Crippen LogP contribution in [0.2, 0.25) is 0 Å². The van der Waals surface area contributed by atoms with E-state index in [-0.39, 0.29) is 17.3 Å². The number of rotatable bonds is 6. The zero-order valence-corrected chi connectivity index (χ0v) is 16.4. The summed E-state index contributed by atoms with van der Waals surface area (Å²) in [5, 5.41) is 0. The van der Waals surface area contributed by atoms with E-state index in [1.807, 2.05) is 19.9 Å². The van der Waals surface area contributed by atoms with E-state index in [1.165, 1.54) is 24.3 Å². The van der Waals surface area contributed by atoms with Gasteiger partial charge in [-0.2, -0.15) is 0 Å². The van der Waals surface area contributed by atoms with Crippen LogP contribution in [0.1, 0.15) is 27.0 Å². The molecule has 144 valence electrons. The molecule has 3 rings (SSSR count). The van der Waals surface area contributed by atoms with Crippen molar-refractivity contribution in [2.24, 2.45) is 0 Å². The Morgan fingerprint density at radius 1 is 0.857 bits per heavy atom. The first-order valence-electron chi connectivity index (χ1n) is 8.52. The number of nitrogen functional groups attached to an aromatic ring is 1. The van der Waals surface area contributed by atoms with Crippen LogP contribution in [0.3, 0.4) is 0 Å². The van der Waals surface area contributed by atoms with Gasteiger partial charge in [-0.25, -0.2) is 4.57 Å². The zero-order chi connectivity index (χ0) is 20.3. The van der Waals surface area contributed by atoms with E-state index in [1.54, 1.807) is 36.4 Å². The largest absolute Gasteiger partial charge is 0.584 e.